The Bertz CT molecular complexity index is 1320. The Hall–Kier alpha value is -3.23. The Morgan fingerprint density at radius 1 is 0.917 bits per heavy atom. The average molecular weight is 510 g/mol. The molecule has 0 aliphatic rings. The maximum absolute atomic E-state index is 13.4. The molecule has 0 unspecified atom stereocenters. The zero-order chi connectivity index (χ0) is 26.5. The van der Waals surface area contributed by atoms with Gasteiger partial charge in [0.2, 0.25) is 21.8 Å². The van der Waals surface area contributed by atoms with Crippen LogP contribution in [-0.4, -0.2) is 61.2 Å². The highest BCUT2D eigenvalue weighted by atomic mass is 32.2. The fourth-order valence-corrected chi connectivity index (χ4v) is 5.07. The molecule has 0 aliphatic carbocycles. The maximum Gasteiger partial charge on any atom is 0.243 e. The summed E-state index contributed by atoms with van der Waals surface area (Å²) in [5, 5.41) is 4.65. The minimum Gasteiger partial charge on any atom is -0.350 e. The molecule has 0 fully saturated rings. The summed E-state index contributed by atoms with van der Waals surface area (Å²) in [6.07, 6.45) is 0.543. The van der Waals surface area contributed by atoms with E-state index in [0.29, 0.717) is 6.42 Å². The number of rotatable bonds is 9. The third-order valence-electron chi connectivity index (χ3n) is 5.94. The second-order valence-corrected chi connectivity index (χ2v) is 12.1. The lowest BCUT2D eigenvalue weighted by atomic mass is 10.1. The number of carbonyl (C=O) groups excluding carboxylic acids is 2. The van der Waals surface area contributed by atoms with Gasteiger partial charge in [0.15, 0.2) is 0 Å². The Labute approximate surface area is 214 Å². The van der Waals surface area contributed by atoms with E-state index in [9.17, 15) is 18.0 Å². The highest BCUT2D eigenvalue weighted by Crippen LogP contribution is 2.21. The van der Waals surface area contributed by atoms with Gasteiger partial charge < -0.3 is 10.2 Å². The van der Waals surface area contributed by atoms with Crippen LogP contribution in [0.5, 0.6) is 0 Å². The Kier molecular flexibility index (Phi) is 8.53. The Morgan fingerprint density at radius 2 is 1.53 bits per heavy atom. The van der Waals surface area contributed by atoms with Crippen LogP contribution < -0.4 is 5.32 Å². The van der Waals surface area contributed by atoms with Crippen LogP contribution in [0.4, 0.5) is 0 Å². The SMILES string of the molecule is C[C@H](C(=O)NC(C)(C)C)N(CCc1ccccc1)C(=O)CN(C)S(=O)(=O)c1ccc2ccccc2c1. The highest BCUT2D eigenvalue weighted by Gasteiger charge is 2.31. The van der Waals surface area contributed by atoms with E-state index < -0.39 is 27.5 Å². The predicted molar refractivity (Wildman–Crippen MR) is 143 cm³/mol. The smallest absolute Gasteiger partial charge is 0.243 e. The summed E-state index contributed by atoms with van der Waals surface area (Å²) < 4.78 is 27.6. The standard InChI is InChI=1S/C28H35N3O4S/c1-21(27(33)29-28(2,3)4)31(18-17-22-11-7-6-8-12-22)26(32)20-30(5)36(34,35)25-16-15-23-13-9-10-14-24(23)19-25/h6-16,19,21H,17-18,20H2,1-5H3,(H,29,33)/t21-/m1/s1. The number of amides is 2. The van der Waals surface area contributed by atoms with Crippen molar-refractivity contribution in [1.29, 1.82) is 0 Å². The van der Waals surface area contributed by atoms with Gasteiger partial charge in [-0.15, -0.1) is 0 Å². The fraction of sp³-hybridized carbons (Fsp3) is 0.357. The lowest BCUT2D eigenvalue weighted by molar-refractivity contribution is -0.140. The molecule has 3 aromatic rings. The first-order valence-electron chi connectivity index (χ1n) is 12.0. The largest absolute Gasteiger partial charge is 0.350 e. The molecule has 0 aliphatic heterocycles. The number of fused-ring (bicyclic) bond motifs is 1. The van der Waals surface area contributed by atoms with Crippen LogP contribution >= 0.6 is 0 Å². The lowest BCUT2D eigenvalue weighted by Gasteiger charge is -2.32. The van der Waals surface area contributed by atoms with Crippen molar-refractivity contribution < 1.29 is 18.0 Å². The number of nitrogens with zero attached hydrogens (tertiary/aromatic N) is 2. The summed E-state index contributed by atoms with van der Waals surface area (Å²) in [6, 6.07) is 21.3. The van der Waals surface area contributed by atoms with E-state index in [2.05, 4.69) is 5.32 Å². The van der Waals surface area contributed by atoms with Gasteiger partial charge in [0.1, 0.15) is 6.04 Å². The molecule has 1 atom stereocenters. The summed E-state index contributed by atoms with van der Waals surface area (Å²) in [7, 11) is -2.53. The van der Waals surface area contributed by atoms with E-state index in [0.717, 1.165) is 20.6 Å². The molecule has 7 nitrogen and oxygen atoms in total. The minimum absolute atomic E-state index is 0.117. The molecule has 1 N–H and O–H groups in total. The second-order valence-electron chi connectivity index (χ2n) is 10.0. The summed E-state index contributed by atoms with van der Waals surface area (Å²) in [5.41, 5.74) is 0.561. The van der Waals surface area contributed by atoms with Gasteiger partial charge in [0.25, 0.3) is 0 Å². The molecular formula is C28H35N3O4S. The molecule has 0 spiro atoms. The zero-order valence-corrected chi connectivity index (χ0v) is 22.4. The molecule has 0 bridgehead atoms. The van der Waals surface area contributed by atoms with Gasteiger partial charge in [0.05, 0.1) is 11.4 Å². The second kappa shape index (κ2) is 11.2. The summed E-state index contributed by atoms with van der Waals surface area (Å²) in [4.78, 5) is 27.9. The number of hydrogen-bond donors (Lipinski definition) is 1. The molecule has 0 aromatic heterocycles. The number of nitrogens with one attached hydrogen (secondary N) is 1. The van der Waals surface area contributed by atoms with E-state index in [4.69, 9.17) is 0 Å². The first-order chi connectivity index (χ1) is 16.9. The number of carbonyl (C=O) groups is 2. The van der Waals surface area contributed by atoms with Crippen LogP contribution in [0.25, 0.3) is 10.8 Å². The molecule has 3 rings (SSSR count). The van der Waals surface area contributed by atoms with Crippen LogP contribution in [-0.2, 0) is 26.0 Å². The fourth-order valence-electron chi connectivity index (χ4n) is 3.92. The van der Waals surface area contributed by atoms with Crippen molar-refractivity contribution in [2.24, 2.45) is 0 Å². The van der Waals surface area contributed by atoms with Gasteiger partial charge in [-0.05, 0) is 62.6 Å². The van der Waals surface area contributed by atoms with Crippen LogP contribution in [0.3, 0.4) is 0 Å². The quantitative estimate of drug-likeness (QED) is 0.475. The molecule has 0 saturated carbocycles. The van der Waals surface area contributed by atoms with Crippen LogP contribution in [0.2, 0.25) is 0 Å². The van der Waals surface area contributed by atoms with E-state index in [1.54, 1.807) is 25.1 Å². The average Bonchev–Trinajstić information content (AvgIpc) is 2.83. The van der Waals surface area contributed by atoms with Crippen molar-refractivity contribution in [3.8, 4) is 0 Å². The first kappa shape index (κ1) is 27.4. The lowest BCUT2D eigenvalue weighted by Crippen LogP contribution is -2.54. The van der Waals surface area contributed by atoms with E-state index in [1.807, 2.05) is 75.4 Å². The summed E-state index contributed by atoms with van der Waals surface area (Å²) in [6.45, 7) is 7.19. The molecule has 0 heterocycles. The van der Waals surface area contributed by atoms with Crippen molar-refractivity contribution in [1.82, 2.24) is 14.5 Å². The number of sulfonamides is 1. The van der Waals surface area contributed by atoms with Gasteiger partial charge in [-0.25, -0.2) is 8.42 Å². The van der Waals surface area contributed by atoms with Crippen LogP contribution in [0.15, 0.2) is 77.7 Å². The van der Waals surface area contributed by atoms with Crippen molar-refractivity contribution >= 4 is 32.6 Å². The molecule has 192 valence electrons. The number of hydrogen-bond acceptors (Lipinski definition) is 4. The molecule has 8 heteroatoms. The Morgan fingerprint density at radius 3 is 2.17 bits per heavy atom. The van der Waals surface area contributed by atoms with Crippen LogP contribution in [0, 0.1) is 0 Å². The number of benzene rings is 3. The van der Waals surface area contributed by atoms with Crippen molar-refractivity contribution in [3.05, 3.63) is 78.4 Å². The molecular weight excluding hydrogens is 474 g/mol. The molecule has 3 aromatic carbocycles. The van der Waals surface area contributed by atoms with Gasteiger partial charge >= 0.3 is 0 Å². The number of likely N-dealkylation sites (N-methyl/N-ethyl adjacent to an activating group) is 1. The maximum atomic E-state index is 13.4. The molecule has 0 saturated heterocycles. The summed E-state index contributed by atoms with van der Waals surface area (Å²) in [5.74, 6) is -0.724. The van der Waals surface area contributed by atoms with Crippen molar-refractivity contribution in [3.63, 3.8) is 0 Å². The van der Waals surface area contributed by atoms with Gasteiger partial charge in [-0.2, -0.15) is 4.31 Å². The first-order valence-corrected chi connectivity index (χ1v) is 13.4. The molecule has 0 radical (unpaired) electrons. The van der Waals surface area contributed by atoms with E-state index >= 15 is 0 Å². The molecule has 36 heavy (non-hydrogen) atoms. The van der Waals surface area contributed by atoms with Gasteiger partial charge in [-0.3, -0.25) is 9.59 Å². The molecule has 2 amide bonds. The van der Waals surface area contributed by atoms with Gasteiger partial charge in [-0.1, -0.05) is 60.7 Å². The van der Waals surface area contributed by atoms with E-state index in [1.165, 1.54) is 11.9 Å². The normalized spacial score (nSPS) is 12.9. The predicted octanol–water partition coefficient (Wildman–Crippen LogP) is 3.83. The van der Waals surface area contributed by atoms with E-state index in [-0.39, 0.29) is 23.9 Å². The Balaban J connectivity index is 1.81. The monoisotopic (exact) mass is 509 g/mol. The third kappa shape index (κ3) is 6.92. The van der Waals surface area contributed by atoms with Crippen molar-refractivity contribution in [2.45, 2.75) is 50.6 Å². The van der Waals surface area contributed by atoms with Crippen LogP contribution in [0.1, 0.15) is 33.3 Å². The topological polar surface area (TPSA) is 86.8 Å². The highest BCUT2D eigenvalue weighted by molar-refractivity contribution is 7.89. The van der Waals surface area contributed by atoms with Gasteiger partial charge in [0, 0.05) is 19.1 Å². The minimum atomic E-state index is -3.92. The van der Waals surface area contributed by atoms with Crippen molar-refractivity contribution in [2.75, 3.05) is 20.1 Å². The zero-order valence-electron chi connectivity index (χ0n) is 21.6. The third-order valence-corrected chi connectivity index (χ3v) is 7.74. The summed E-state index contributed by atoms with van der Waals surface area (Å²) >= 11 is 0.